The van der Waals surface area contributed by atoms with Crippen LogP contribution in [0.3, 0.4) is 0 Å². The van der Waals surface area contributed by atoms with Gasteiger partial charge in [-0.2, -0.15) is 0 Å². The Morgan fingerprint density at radius 3 is 2.69 bits per heavy atom. The first-order chi connectivity index (χ1) is 7.44. The van der Waals surface area contributed by atoms with Crippen molar-refractivity contribution in [3.8, 4) is 0 Å². The highest BCUT2D eigenvalue weighted by atomic mass is 32.1. The molecule has 0 unspecified atom stereocenters. The van der Waals surface area contributed by atoms with Crippen molar-refractivity contribution in [3.63, 3.8) is 0 Å². The minimum absolute atomic E-state index is 0.0908. The molecule has 0 bridgehead atoms. The van der Waals surface area contributed by atoms with Crippen molar-refractivity contribution >= 4 is 16.3 Å². The Morgan fingerprint density at radius 1 is 1.50 bits per heavy atom. The molecule has 5 heteroatoms. The van der Waals surface area contributed by atoms with Gasteiger partial charge in [0.05, 0.1) is 4.92 Å². The lowest BCUT2D eigenvalue weighted by Gasteiger charge is -2.25. The Balaban J connectivity index is 2.51. The van der Waals surface area contributed by atoms with E-state index in [9.17, 15) is 10.1 Å². The van der Waals surface area contributed by atoms with Crippen LogP contribution in [-0.2, 0) is 6.54 Å². The van der Waals surface area contributed by atoms with E-state index in [2.05, 4.69) is 26.1 Å². The summed E-state index contributed by atoms with van der Waals surface area (Å²) in [6.07, 6.45) is 2.23. The largest absolute Gasteiger partial charge is 0.324 e. The van der Waals surface area contributed by atoms with Crippen LogP contribution in [0.1, 0.15) is 38.5 Å². The SMILES string of the molecule is CCCC(C)(C)NCc1ccc([N+](=O)[O-])s1. The predicted octanol–water partition coefficient (Wildman–Crippen LogP) is 3.32. The molecule has 0 amide bonds. The molecule has 0 atom stereocenters. The van der Waals surface area contributed by atoms with Crippen molar-refractivity contribution in [2.24, 2.45) is 0 Å². The third kappa shape index (κ3) is 3.90. The van der Waals surface area contributed by atoms with Gasteiger partial charge in [-0.1, -0.05) is 24.7 Å². The van der Waals surface area contributed by atoms with Crippen LogP contribution in [0.2, 0.25) is 0 Å². The first-order valence-electron chi connectivity index (χ1n) is 5.43. The maximum atomic E-state index is 10.5. The van der Waals surface area contributed by atoms with Gasteiger partial charge in [-0.15, -0.1) is 0 Å². The molecule has 0 aromatic carbocycles. The molecule has 0 aliphatic carbocycles. The van der Waals surface area contributed by atoms with Crippen LogP contribution in [0.25, 0.3) is 0 Å². The van der Waals surface area contributed by atoms with Crippen LogP contribution in [0.4, 0.5) is 5.00 Å². The molecule has 1 N–H and O–H groups in total. The number of hydrogen-bond donors (Lipinski definition) is 1. The van der Waals surface area contributed by atoms with Crippen molar-refractivity contribution in [2.75, 3.05) is 0 Å². The summed E-state index contributed by atoms with van der Waals surface area (Å²) in [5, 5.41) is 14.1. The second-order valence-corrected chi connectivity index (χ2v) is 5.63. The molecule has 0 aliphatic heterocycles. The van der Waals surface area contributed by atoms with Crippen LogP contribution in [0.15, 0.2) is 12.1 Å². The fourth-order valence-electron chi connectivity index (χ4n) is 1.60. The summed E-state index contributed by atoms with van der Waals surface area (Å²) in [7, 11) is 0. The third-order valence-corrected chi connectivity index (χ3v) is 3.48. The standard InChI is InChI=1S/C11H18N2O2S/c1-4-7-11(2,3)12-8-9-5-6-10(16-9)13(14)15/h5-6,12H,4,7-8H2,1-3H3. The number of nitrogens with zero attached hydrogens (tertiary/aromatic N) is 1. The van der Waals surface area contributed by atoms with Crippen molar-refractivity contribution in [2.45, 2.75) is 45.7 Å². The van der Waals surface area contributed by atoms with Gasteiger partial charge in [-0.25, -0.2) is 0 Å². The van der Waals surface area contributed by atoms with Gasteiger partial charge in [0.25, 0.3) is 0 Å². The van der Waals surface area contributed by atoms with Crippen LogP contribution in [-0.4, -0.2) is 10.5 Å². The van der Waals surface area contributed by atoms with Gasteiger partial charge in [0.1, 0.15) is 0 Å². The van der Waals surface area contributed by atoms with Crippen LogP contribution in [0, 0.1) is 10.1 Å². The highest BCUT2D eigenvalue weighted by Crippen LogP contribution is 2.24. The minimum atomic E-state index is -0.342. The lowest BCUT2D eigenvalue weighted by molar-refractivity contribution is -0.380. The summed E-state index contributed by atoms with van der Waals surface area (Å²) in [5.74, 6) is 0. The molecule has 0 aliphatic rings. The zero-order valence-corrected chi connectivity index (χ0v) is 10.8. The number of nitrogens with one attached hydrogen (secondary N) is 1. The molecule has 90 valence electrons. The zero-order chi connectivity index (χ0) is 12.2. The minimum Gasteiger partial charge on any atom is -0.307 e. The smallest absolute Gasteiger partial charge is 0.307 e. The molecule has 4 nitrogen and oxygen atoms in total. The molecular formula is C11H18N2O2S. The molecule has 0 radical (unpaired) electrons. The quantitative estimate of drug-likeness (QED) is 0.615. The van der Waals surface area contributed by atoms with Crippen LogP contribution >= 0.6 is 11.3 Å². The van der Waals surface area contributed by atoms with Crippen LogP contribution in [0.5, 0.6) is 0 Å². The van der Waals surface area contributed by atoms with E-state index in [0.29, 0.717) is 6.54 Å². The summed E-state index contributed by atoms with van der Waals surface area (Å²) in [4.78, 5) is 11.2. The Kier molecular flexibility index (Phi) is 4.44. The third-order valence-electron chi connectivity index (χ3n) is 2.44. The van der Waals surface area contributed by atoms with E-state index in [0.717, 1.165) is 17.7 Å². The normalized spacial score (nSPS) is 11.7. The Labute approximate surface area is 99.8 Å². The van der Waals surface area contributed by atoms with Crippen molar-refractivity contribution < 1.29 is 4.92 Å². The van der Waals surface area contributed by atoms with E-state index in [4.69, 9.17) is 0 Å². The fraction of sp³-hybridized carbons (Fsp3) is 0.636. The van der Waals surface area contributed by atoms with Gasteiger partial charge in [-0.3, -0.25) is 10.1 Å². The van der Waals surface area contributed by atoms with Crippen molar-refractivity contribution in [1.82, 2.24) is 5.32 Å². The molecule has 0 spiro atoms. The summed E-state index contributed by atoms with van der Waals surface area (Å²) < 4.78 is 0. The van der Waals surface area contributed by atoms with E-state index >= 15 is 0 Å². The molecule has 1 aromatic rings. The molecule has 0 saturated carbocycles. The van der Waals surface area contributed by atoms with Gasteiger partial charge < -0.3 is 5.32 Å². The first-order valence-corrected chi connectivity index (χ1v) is 6.24. The Bertz CT molecular complexity index is 361. The predicted molar refractivity (Wildman–Crippen MR) is 66.8 cm³/mol. The maximum Gasteiger partial charge on any atom is 0.324 e. The van der Waals surface area contributed by atoms with Crippen molar-refractivity contribution in [3.05, 3.63) is 27.1 Å². The zero-order valence-electron chi connectivity index (χ0n) is 9.95. The van der Waals surface area contributed by atoms with E-state index in [1.165, 1.54) is 11.3 Å². The lowest BCUT2D eigenvalue weighted by atomic mass is 9.99. The second kappa shape index (κ2) is 5.41. The molecular weight excluding hydrogens is 224 g/mol. The van der Waals surface area contributed by atoms with E-state index in [-0.39, 0.29) is 15.5 Å². The van der Waals surface area contributed by atoms with Gasteiger partial charge >= 0.3 is 5.00 Å². The molecule has 16 heavy (non-hydrogen) atoms. The Hall–Kier alpha value is -0.940. The molecule has 0 fully saturated rings. The van der Waals surface area contributed by atoms with E-state index < -0.39 is 0 Å². The molecule has 0 saturated heterocycles. The van der Waals surface area contributed by atoms with E-state index in [1.807, 2.05) is 6.07 Å². The molecule has 1 heterocycles. The van der Waals surface area contributed by atoms with Crippen LogP contribution < -0.4 is 5.32 Å². The summed E-state index contributed by atoms with van der Waals surface area (Å²) in [5.41, 5.74) is 0.0908. The highest BCUT2D eigenvalue weighted by molar-refractivity contribution is 7.15. The highest BCUT2D eigenvalue weighted by Gasteiger charge is 2.16. The fourth-order valence-corrected chi connectivity index (χ4v) is 2.36. The summed E-state index contributed by atoms with van der Waals surface area (Å²) in [6, 6.07) is 3.38. The monoisotopic (exact) mass is 242 g/mol. The van der Waals surface area contributed by atoms with E-state index in [1.54, 1.807) is 6.07 Å². The second-order valence-electron chi connectivity index (χ2n) is 4.48. The number of thiophene rings is 1. The average molecular weight is 242 g/mol. The summed E-state index contributed by atoms with van der Waals surface area (Å²) in [6.45, 7) is 7.15. The topological polar surface area (TPSA) is 55.2 Å². The van der Waals surface area contributed by atoms with Gasteiger partial charge in [0.15, 0.2) is 0 Å². The maximum absolute atomic E-state index is 10.5. The first kappa shape index (κ1) is 13.1. The van der Waals surface area contributed by atoms with Gasteiger partial charge in [0, 0.05) is 23.0 Å². The van der Waals surface area contributed by atoms with Crippen molar-refractivity contribution in [1.29, 1.82) is 0 Å². The van der Waals surface area contributed by atoms with Gasteiger partial charge in [-0.05, 0) is 26.3 Å². The number of nitro groups is 1. The molecule has 1 aromatic heterocycles. The number of rotatable bonds is 6. The number of hydrogen-bond acceptors (Lipinski definition) is 4. The molecule has 1 rings (SSSR count). The van der Waals surface area contributed by atoms with Gasteiger partial charge in [0.2, 0.25) is 0 Å². The lowest BCUT2D eigenvalue weighted by Crippen LogP contribution is -2.38. The average Bonchev–Trinajstić information content (AvgIpc) is 2.63. The Morgan fingerprint density at radius 2 is 2.19 bits per heavy atom. The summed E-state index contributed by atoms with van der Waals surface area (Å²) >= 11 is 1.24.